The van der Waals surface area contributed by atoms with E-state index in [-0.39, 0.29) is 19.0 Å². The summed E-state index contributed by atoms with van der Waals surface area (Å²) in [4.78, 5) is 31.2. The molecule has 0 saturated heterocycles. The zero-order chi connectivity index (χ0) is 24.5. The number of nitriles is 1. The maximum absolute atomic E-state index is 12.8. The van der Waals surface area contributed by atoms with Gasteiger partial charge in [0.2, 0.25) is 5.91 Å². The molecule has 1 aliphatic rings. The Morgan fingerprint density at radius 2 is 1.94 bits per heavy atom. The number of halogens is 3. The monoisotopic (exact) mass is 469 g/mol. The number of anilines is 1. The number of imidazole rings is 1. The third kappa shape index (κ3) is 4.92. The smallest absolute Gasteiger partial charge is 0.406 e. The number of alkyl halides is 3. The van der Waals surface area contributed by atoms with Gasteiger partial charge in [-0.2, -0.15) is 5.26 Å². The first-order chi connectivity index (χ1) is 16.1. The van der Waals surface area contributed by atoms with Crippen molar-refractivity contribution < 1.29 is 27.5 Å². The number of benzene rings is 2. The Labute approximate surface area is 191 Å². The molecule has 2 aromatic carbocycles. The molecular weight excluding hydrogens is 451 g/mol. The van der Waals surface area contributed by atoms with E-state index in [1.807, 2.05) is 0 Å². The number of rotatable bonds is 6. The van der Waals surface area contributed by atoms with Crippen LogP contribution in [0.1, 0.15) is 16.5 Å². The minimum absolute atomic E-state index is 0.0824. The average Bonchev–Trinajstić information content (AvgIpc) is 3.14. The van der Waals surface area contributed by atoms with Crippen molar-refractivity contribution in [2.45, 2.75) is 12.3 Å². The highest BCUT2D eigenvalue weighted by molar-refractivity contribution is 6.00. The van der Waals surface area contributed by atoms with Crippen LogP contribution >= 0.6 is 0 Å². The van der Waals surface area contributed by atoms with Crippen molar-refractivity contribution in [3.05, 3.63) is 66.0 Å². The van der Waals surface area contributed by atoms with E-state index in [9.17, 15) is 28.0 Å². The number of nitrogens with zero attached hydrogens (tertiary/aromatic N) is 4. The summed E-state index contributed by atoms with van der Waals surface area (Å²) >= 11 is 0. The minimum Gasteiger partial charge on any atom is -0.406 e. The van der Waals surface area contributed by atoms with Crippen LogP contribution in [0.2, 0.25) is 0 Å². The fraction of sp³-hybridized carbons (Fsp3) is 0.217. The van der Waals surface area contributed by atoms with Crippen LogP contribution in [0.3, 0.4) is 0 Å². The number of nitrogens with one attached hydrogen (secondary N) is 1. The molecule has 1 aliphatic heterocycles. The van der Waals surface area contributed by atoms with E-state index in [0.717, 1.165) is 12.1 Å². The maximum atomic E-state index is 12.8. The molecule has 2 heterocycles. The van der Waals surface area contributed by atoms with Gasteiger partial charge in [-0.25, -0.2) is 4.98 Å². The first-order valence-electron chi connectivity index (χ1n) is 10.1. The standard InChI is InChI=1S/C23H18F3N5O3/c1-30(13-20(32)28-15-6-8-16(9-7-15)34-23(24,25)26)12-14-10-21(33)31-19-5-3-2-4-18(19)29-22(31)17(14)11-27/h2-10,17H,12-13H2,1H3,(H,28,32)/t17-/m1/s1. The molecule has 1 amide bonds. The second-order valence-electron chi connectivity index (χ2n) is 7.71. The molecule has 0 aliphatic carbocycles. The number of likely N-dealkylation sites (N-methyl/N-ethyl adjacent to an activating group) is 1. The molecule has 0 bridgehead atoms. The molecule has 0 spiro atoms. The fourth-order valence-electron chi connectivity index (χ4n) is 3.77. The van der Waals surface area contributed by atoms with Crippen LogP contribution in [-0.2, 0) is 4.79 Å². The molecule has 0 fully saturated rings. The number of amides is 1. The summed E-state index contributed by atoms with van der Waals surface area (Å²) in [5.41, 5.74) is 2.04. The van der Waals surface area contributed by atoms with Crippen molar-refractivity contribution in [3.8, 4) is 11.8 Å². The average molecular weight is 469 g/mol. The Morgan fingerprint density at radius 3 is 2.62 bits per heavy atom. The van der Waals surface area contributed by atoms with Gasteiger partial charge in [-0.3, -0.25) is 19.1 Å². The topological polar surface area (TPSA) is 100 Å². The Kier molecular flexibility index (Phi) is 6.08. The highest BCUT2D eigenvalue weighted by atomic mass is 19.4. The summed E-state index contributed by atoms with van der Waals surface area (Å²) < 4.78 is 42.0. The lowest BCUT2D eigenvalue weighted by atomic mass is 9.95. The number of allylic oxidation sites excluding steroid dienone is 1. The van der Waals surface area contributed by atoms with Gasteiger partial charge in [-0.05, 0) is 49.0 Å². The van der Waals surface area contributed by atoms with E-state index >= 15 is 0 Å². The lowest BCUT2D eigenvalue weighted by Gasteiger charge is -2.24. The van der Waals surface area contributed by atoms with Gasteiger partial charge in [0, 0.05) is 18.3 Å². The molecule has 34 heavy (non-hydrogen) atoms. The molecule has 8 nitrogen and oxygen atoms in total. The summed E-state index contributed by atoms with van der Waals surface area (Å²) in [6, 6.07) is 14.1. The van der Waals surface area contributed by atoms with Gasteiger partial charge in [-0.15, -0.1) is 13.2 Å². The summed E-state index contributed by atoms with van der Waals surface area (Å²) in [5.74, 6) is -1.55. The minimum atomic E-state index is -4.80. The SMILES string of the molecule is CN(CC(=O)Nc1ccc(OC(F)(F)F)cc1)CC1=CC(=O)n2c(nc3ccccc32)[C@@H]1C#N. The van der Waals surface area contributed by atoms with E-state index in [4.69, 9.17) is 0 Å². The second kappa shape index (κ2) is 8.99. The predicted molar refractivity (Wildman–Crippen MR) is 116 cm³/mol. The summed E-state index contributed by atoms with van der Waals surface area (Å²) in [6.07, 6.45) is -3.41. The first-order valence-corrected chi connectivity index (χ1v) is 10.1. The maximum Gasteiger partial charge on any atom is 0.573 e. The Bertz CT molecular complexity index is 1320. The number of ether oxygens (including phenoxy) is 1. The third-order valence-corrected chi connectivity index (χ3v) is 5.11. The third-order valence-electron chi connectivity index (χ3n) is 5.11. The van der Waals surface area contributed by atoms with E-state index in [0.29, 0.717) is 28.1 Å². The molecule has 1 aromatic heterocycles. The predicted octanol–water partition coefficient (Wildman–Crippen LogP) is 3.69. The van der Waals surface area contributed by atoms with Gasteiger partial charge in [0.1, 0.15) is 17.5 Å². The highest BCUT2D eigenvalue weighted by Gasteiger charge is 2.32. The van der Waals surface area contributed by atoms with E-state index in [2.05, 4.69) is 21.1 Å². The van der Waals surface area contributed by atoms with Crippen LogP contribution in [0.4, 0.5) is 18.9 Å². The second-order valence-corrected chi connectivity index (χ2v) is 7.71. The van der Waals surface area contributed by atoms with Crippen molar-refractivity contribution in [2.24, 2.45) is 0 Å². The van der Waals surface area contributed by atoms with Crippen LogP contribution < -0.4 is 10.1 Å². The number of carbonyl (C=O) groups is 2. The highest BCUT2D eigenvalue weighted by Crippen LogP contribution is 2.31. The number of aromatic nitrogens is 2. The number of hydrogen-bond acceptors (Lipinski definition) is 6. The molecule has 4 rings (SSSR count). The normalized spacial score (nSPS) is 15.6. The number of fused-ring (bicyclic) bond motifs is 3. The van der Waals surface area contributed by atoms with Gasteiger partial charge in [0.15, 0.2) is 0 Å². The summed E-state index contributed by atoms with van der Waals surface area (Å²) in [7, 11) is 1.65. The van der Waals surface area contributed by atoms with Crippen LogP contribution in [0, 0.1) is 11.3 Å². The number of carbonyl (C=O) groups excluding carboxylic acids is 2. The molecule has 1 N–H and O–H groups in total. The Morgan fingerprint density at radius 1 is 1.24 bits per heavy atom. The molecule has 11 heteroatoms. The van der Waals surface area contributed by atoms with E-state index in [1.165, 1.54) is 22.8 Å². The van der Waals surface area contributed by atoms with Crippen LogP contribution in [0.5, 0.6) is 5.75 Å². The zero-order valence-electron chi connectivity index (χ0n) is 17.8. The number of para-hydroxylation sites is 2. The van der Waals surface area contributed by atoms with Crippen LogP contribution in [0.25, 0.3) is 11.0 Å². The van der Waals surface area contributed by atoms with E-state index < -0.39 is 23.9 Å². The number of hydrogen-bond donors (Lipinski definition) is 1. The van der Waals surface area contributed by atoms with Crippen molar-refractivity contribution in [1.29, 1.82) is 5.26 Å². The lowest BCUT2D eigenvalue weighted by Crippen LogP contribution is -2.34. The Hall–Kier alpha value is -4.17. The van der Waals surface area contributed by atoms with Crippen molar-refractivity contribution in [3.63, 3.8) is 0 Å². The first kappa shape index (κ1) is 23.0. The van der Waals surface area contributed by atoms with Crippen molar-refractivity contribution in [2.75, 3.05) is 25.5 Å². The Balaban J connectivity index is 1.40. The van der Waals surface area contributed by atoms with Gasteiger partial charge in [0.25, 0.3) is 5.91 Å². The zero-order valence-corrected chi connectivity index (χ0v) is 17.8. The summed E-state index contributed by atoms with van der Waals surface area (Å²) in [5, 5.41) is 12.4. The largest absolute Gasteiger partial charge is 0.573 e. The fourth-order valence-corrected chi connectivity index (χ4v) is 3.77. The summed E-state index contributed by atoms with van der Waals surface area (Å²) in [6.45, 7) is 0.0832. The molecular formula is C23H18F3N5O3. The molecule has 3 aromatic rings. The van der Waals surface area contributed by atoms with Gasteiger partial charge in [0.05, 0.1) is 23.6 Å². The molecule has 1 atom stereocenters. The van der Waals surface area contributed by atoms with Gasteiger partial charge >= 0.3 is 6.36 Å². The van der Waals surface area contributed by atoms with Crippen molar-refractivity contribution in [1.82, 2.24) is 14.5 Å². The van der Waals surface area contributed by atoms with Crippen LogP contribution in [0.15, 0.2) is 60.2 Å². The van der Waals surface area contributed by atoms with Crippen LogP contribution in [-0.4, -0.2) is 52.8 Å². The molecule has 0 saturated carbocycles. The quantitative estimate of drug-likeness (QED) is 0.591. The lowest BCUT2D eigenvalue weighted by molar-refractivity contribution is -0.274. The molecule has 174 valence electrons. The molecule has 0 radical (unpaired) electrons. The van der Waals surface area contributed by atoms with Crippen molar-refractivity contribution >= 4 is 28.5 Å². The van der Waals surface area contributed by atoms with Gasteiger partial charge in [-0.1, -0.05) is 12.1 Å². The van der Waals surface area contributed by atoms with Gasteiger partial charge < -0.3 is 10.1 Å². The molecule has 0 unspecified atom stereocenters. The van der Waals surface area contributed by atoms with E-state index in [1.54, 1.807) is 36.2 Å².